The van der Waals surface area contributed by atoms with Gasteiger partial charge in [0.15, 0.2) is 12.2 Å². The number of phosphoric acid groups is 2. The van der Waals surface area contributed by atoms with Gasteiger partial charge in [0.05, 0.1) is 26.4 Å². The van der Waals surface area contributed by atoms with E-state index in [0.29, 0.717) is 25.7 Å². The van der Waals surface area contributed by atoms with Crippen molar-refractivity contribution < 1.29 is 80.2 Å². The van der Waals surface area contributed by atoms with Crippen molar-refractivity contribution in [3.05, 3.63) is 0 Å². The van der Waals surface area contributed by atoms with Gasteiger partial charge in [0, 0.05) is 25.7 Å². The van der Waals surface area contributed by atoms with E-state index < -0.39 is 97.5 Å². The quantitative estimate of drug-likeness (QED) is 0.0222. The van der Waals surface area contributed by atoms with Crippen molar-refractivity contribution in [2.75, 3.05) is 39.6 Å². The molecule has 0 heterocycles. The molecule has 2 unspecified atom stereocenters. The van der Waals surface area contributed by atoms with E-state index in [1.807, 2.05) is 0 Å². The second kappa shape index (κ2) is 61.9. The van der Waals surface area contributed by atoms with Crippen LogP contribution < -0.4 is 0 Å². The Balaban J connectivity index is 5.14. The second-order valence-corrected chi connectivity index (χ2v) is 27.1. The number of aliphatic hydroxyl groups is 1. The number of ether oxygens (including phenoxy) is 4. The zero-order valence-corrected chi connectivity index (χ0v) is 57.1. The van der Waals surface area contributed by atoms with E-state index >= 15 is 0 Å². The van der Waals surface area contributed by atoms with Gasteiger partial charge in [0.1, 0.15) is 19.3 Å². The zero-order chi connectivity index (χ0) is 63.3. The summed E-state index contributed by atoms with van der Waals surface area (Å²) in [5.74, 6) is -2.14. The van der Waals surface area contributed by atoms with Crippen molar-refractivity contribution in [3.8, 4) is 0 Å². The first-order valence-electron chi connectivity index (χ1n) is 35.3. The average molecular weight is 1270 g/mol. The van der Waals surface area contributed by atoms with Gasteiger partial charge in [-0.05, 0) is 25.7 Å². The van der Waals surface area contributed by atoms with Gasteiger partial charge < -0.3 is 33.8 Å². The third-order valence-electron chi connectivity index (χ3n) is 15.6. The maximum Gasteiger partial charge on any atom is 0.472 e. The fourth-order valence-corrected chi connectivity index (χ4v) is 11.7. The molecule has 5 atom stereocenters. The summed E-state index contributed by atoms with van der Waals surface area (Å²) < 4.78 is 67.9. The van der Waals surface area contributed by atoms with Gasteiger partial charge in [-0.3, -0.25) is 37.3 Å². The molecule has 0 radical (unpaired) electrons. The molecule has 0 rings (SSSR count). The fraction of sp³-hybridized carbons (Fsp3) is 0.940. The Morgan fingerprint density at radius 1 is 0.279 bits per heavy atom. The van der Waals surface area contributed by atoms with Crippen LogP contribution >= 0.6 is 15.6 Å². The average Bonchev–Trinajstić information content (AvgIpc) is 3.69. The number of carbonyl (C=O) groups is 4. The molecule has 0 aromatic carbocycles. The van der Waals surface area contributed by atoms with Crippen LogP contribution in [0.2, 0.25) is 0 Å². The van der Waals surface area contributed by atoms with E-state index in [9.17, 15) is 43.2 Å². The molecule has 0 saturated carbocycles. The van der Waals surface area contributed by atoms with Crippen LogP contribution in [0.1, 0.15) is 349 Å². The van der Waals surface area contributed by atoms with Crippen LogP contribution in [0.3, 0.4) is 0 Å². The van der Waals surface area contributed by atoms with Gasteiger partial charge in [-0.1, -0.05) is 297 Å². The van der Waals surface area contributed by atoms with Crippen LogP contribution in [-0.2, 0) is 65.4 Å². The van der Waals surface area contributed by atoms with Crippen molar-refractivity contribution in [2.24, 2.45) is 0 Å². The highest BCUT2D eigenvalue weighted by Crippen LogP contribution is 2.45. The summed E-state index contributed by atoms with van der Waals surface area (Å²) in [6.07, 6.45) is 48.9. The summed E-state index contributed by atoms with van der Waals surface area (Å²) in [4.78, 5) is 72.1. The van der Waals surface area contributed by atoms with Gasteiger partial charge in [-0.25, -0.2) is 9.13 Å². The zero-order valence-electron chi connectivity index (χ0n) is 55.3. The molecule has 0 spiro atoms. The Morgan fingerprint density at radius 3 is 0.686 bits per heavy atom. The Hall–Kier alpha value is -1.94. The first-order valence-corrected chi connectivity index (χ1v) is 38.3. The van der Waals surface area contributed by atoms with Crippen LogP contribution in [0, 0.1) is 0 Å². The van der Waals surface area contributed by atoms with E-state index in [2.05, 4.69) is 27.7 Å². The SMILES string of the molecule is CCCCCCCCCCCCCCCCCCCCC(=O)O[C@H](COC(=O)CCCCCCCCCCCCCCC)COP(=O)(O)OC[C@@H](O)COP(=O)(O)OC[C@@H](COC(=O)CCCCCCC)OC(=O)CCCCCCCCCCCC. The molecule has 0 aliphatic rings. The van der Waals surface area contributed by atoms with Gasteiger partial charge >= 0.3 is 39.5 Å². The summed E-state index contributed by atoms with van der Waals surface area (Å²) in [5, 5.41) is 10.5. The topological polar surface area (TPSA) is 237 Å². The molecule has 86 heavy (non-hydrogen) atoms. The van der Waals surface area contributed by atoms with Crippen molar-refractivity contribution in [2.45, 2.75) is 367 Å². The number of hydrogen-bond acceptors (Lipinski definition) is 15. The third kappa shape index (κ3) is 60.9. The van der Waals surface area contributed by atoms with Crippen LogP contribution in [0.15, 0.2) is 0 Å². The van der Waals surface area contributed by atoms with E-state index in [4.69, 9.17) is 37.0 Å². The molecule has 0 aromatic heterocycles. The largest absolute Gasteiger partial charge is 0.472 e. The summed E-state index contributed by atoms with van der Waals surface area (Å²) in [5.41, 5.74) is 0. The number of esters is 4. The number of unbranched alkanes of at least 4 members (excludes halogenated alkanes) is 42. The molecule has 17 nitrogen and oxygen atoms in total. The van der Waals surface area contributed by atoms with E-state index in [1.54, 1.807) is 0 Å². The summed E-state index contributed by atoms with van der Waals surface area (Å²) in [6, 6.07) is 0. The van der Waals surface area contributed by atoms with E-state index in [-0.39, 0.29) is 25.7 Å². The molecule has 19 heteroatoms. The number of rotatable bonds is 68. The lowest BCUT2D eigenvalue weighted by molar-refractivity contribution is -0.161. The molecule has 0 amide bonds. The van der Waals surface area contributed by atoms with Gasteiger partial charge in [-0.2, -0.15) is 0 Å². The van der Waals surface area contributed by atoms with Crippen molar-refractivity contribution in [1.82, 2.24) is 0 Å². The molecule has 0 aromatic rings. The molecule has 0 fully saturated rings. The minimum Gasteiger partial charge on any atom is -0.462 e. The first-order chi connectivity index (χ1) is 41.7. The van der Waals surface area contributed by atoms with Gasteiger partial charge in [0.2, 0.25) is 0 Å². The molecule has 0 bridgehead atoms. The first kappa shape index (κ1) is 84.1. The predicted molar refractivity (Wildman–Crippen MR) is 345 cm³/mol. The molecule has 3 N–H and O–H groups in total. The number of hydrogen-bond donors (Lipinski definition) is 3. The minimum atomic E-state index is -4.95. The smallest absolute Gasteiger partial charge is 0.462 e. The lowest BCUT2D eigenvalue weighted by Gasteiger charge is -2.21. The standard InChI is InChI=1S/C67H130O17P2/c1-5-9-13-17-20-23-26-28-29-30-31-32-34-36-39-42-46-50-54-67(72)84-63(58-78-65(70)52-48-44-40-38-35-33-27-24-21-18-14-10-6-2)60-82-86(75,76)80-56-61(68)55-79-85(73,74)81-59-62(57-77-64(69)51-47-43-16-12-8-4)83-66(71)53-49-45-41-37-25-22-19-15-11-7-3/h61-63,68H,5-60H2,1-4H3,(H,73,74)(H,75,76)/t61-,62+,63+/m0/s1. The highest BCUT2D eigenvalue weighted by molar-refractivity contribution is 7.47. The predicted octanol–water partition coefficient (Wildman–Crippen LogP) is 19.1. The Morgan fingerprint density at radius 2 is 0.465 bits per heavy atom. The monoisotopic (exact) mass is 1270 g/mol. The maximum atomic E-state index is 13.0. The Labute approximate surface area is 524 Å². The number of carbonyl (C=O) groups excluding carboxylic acids is 4. The highest BCUT2D eigenvalue weighted by atomic mass is 31.2. The third-order valence-corrected chi connectivity index (χ3v) is 17.5. The maximum absolute atomic E-state index is 13.0. The summed E-state index contributed by atoms with van der Waals surface area (Å²) in [7, 11) is -9.88. The minimum absolute atomic E-state index is 0.106. The summed E-state index contributed by atoms with van der Waals surface area (Å²) in [6.45, 7) is 4.83. The molecular formula is C67H130O17P2. The number of aliphatic hydroxyl groups excluding tert-OH is 1. The van der Waals surface area contributed by atoms with Gasteiger partial charge in [-0.15, -0.1) is 0 Å². The van der Waals surface area contributed by atoms with Gasteiger partial charge in [0.25, 0.3) is 0 Å². The van der Waals surface area contributed by atoms with Crippen LogP contribution in [0.25, 0.3) is 0 Å². The Bertz CT molecular complexity index is 1650. The highest BCUT2D eigenvalue weighted by Gasteiger charge is 2.30. The van der Waals surface area contributed by atoms with Crippen molar-refractivity contribution in [3.63, 3.8) is 0 Å². The normalized spacial score (nSPS) is 14.1. The Kier molecular flexibility index (Phi) is 60.5. The van der Waals surface area contributed by atoms with E-state index in [0.717, 1.165) is 96.3 Å². The van der Waals surface area contributed by atoms with Crippen LogP contribution in [0.5, 0.6) is 0 Å². The van der Waals surface area contributed by atoms with Crippen molar-refractivity contribution in [1.29, 1.82) is 0 Å². The lowest BCUT2D eigenvalue weighted by atomic mass is 10.0. The number of phosphoric ester groups is 2. The molecular weight excluding hydrogens is 1140 g/mol. The molecule has 510 valence electrons. The summed E-state index contributed by atoms with van der Waals surface area (Å²) >= 11 is 0. The van der Waals surface area contributed by atoms with Crippen molar-refractivity contribution >= 4 is 39.5 Å². The fourth-order valence-electron chi connectivity index (χ4n) is 10.2. The van der Waals surface area contributed by atoms with Crippen LogP contribution in [0.4, 0.5) is 0 Å². The van der Waals surface area contributed by atoms with Crippen LogP contribution in [-0.4, -0.2) is 96.7 Å². The molecule has 0 aliphatic heterocycles. The lowest BCUT2D eigenvalue weighted by Crippen LogP contribution is -2.30. The van der Waals surface area contributed by atoms with E-state index in [1.165, 1.54) is 173 Å². The molecule has 0 saturated heterocycles. The second-order valence-electron chi connectivity index (χ2n) is 24.2. The molecule has 0 aliphatic carbocycles.